The molecular formula is C19H27N3O3. The molecule has 2 aliphatic rings. The number of anilines is 1. The van der Waals surface area contributed by atoms with Gasteiger partial charge in [0.2, 0.25) is 5.91 Å². The van der Waals surface area contributed by atoms with Crippen LogP contribution in [0, 0.1) is 0 Å². The molecule has 1 heterocycles. The highest BCUT2D eigenvalue weighted by molar-refractivity contribution is 6.04. The van der Waals surface area contributed by atoms with Crippen LogP contribution in [0.25, 0.3) is 0 Å². The summed E-state index contributed by atoms with van der Waals surface area (Å²) in [6, 6.07) is 7.45. The van der Waals surface area contributed by atoms with Gasteiger partial charge in [-0.15, -0.1) is 0 Å². The first-order valence-corrected chi connectivity index (χ1v) is 9.15. The number of para-hydroxylation sites is 1. The van der Waals surface area contributed by atoms with Crippen LogP contribution in [0.5, 0.6) is 0 Å². The minimum atomic E-state index is -0.109. The topological polar surface area (TPSA) is 70.7 Å². The van der Waals surface area contributed by atoms with Gasteiger partial charge in [0.1, 0.15) is 0 Å². The Morgan fingerprint density at radius 1 is 1.24 bits per heavy atom. The van der Waals surface area contributed by atoms with Gasteiger partial charge in [0.15, 0.2) is 0 Å². The number of morpholine rings is 1. The molecule has 0 bridgehead atoms. The molecule has 2 fully saturated rings. The molecule has 1 aliphatic heterocycles. The Labute approximate surface area is 148 Å². The maximum absolute atomic E-state index is 12.5. The molecule has 25 heavy (non-hydrogen) atoms. The lowest BCUT2D eigenvalue weighted by Gasteiger charge is -2.30. The summed E-state index contributed by atoms with van der Waals surface area (Å²) in [5.74, 6) is -0.210. The van der Waals surface area contributed by atoms with Gasteiger partial charge >= 0.3 is 0 Å². The summed E-state index contributed by atoms with van der Waals surface area (Å²) in [4.78, 5) is 27.0. The highest BCUT2D eigenvalue weighted by Crippen LogP contribution is 2.20. The molecule has 1 aromatic rings. The summed E-state index contributed by atoms with van der Waals surface area (Å²) in [7, 11) is 0. The monoisotopic (exact) mass is 345 g/mol. The van der Waals surface area contributed by atoms with Crippen LogP contribution in [-0.4, -0.2) is 55.1 Å². The highest BCUT2D eigenvalue weighted by atomic mass is 16.5. The smallest absolute Gasteiger partial charge is 0.253 e. The first-order chi connectivity index (χ1) is 12.1. The molecule has 1 aliphatic carbocycles. The molecular weight excluding hydrogens is 318 g/mol. The van der Waals surface area contributed by atoms with E-state index in [4.69, 9.17) is 4.74 Å². The fourth-order valence-electron chi connectivity index (χ4n) is 3.55. The fraction of sp³-hybridized carbons (Fsp3) is 0.579. The minimum absolute atomic E-state index is 0.102. The Bertz CT molecular complexity index is 614. The SMILES string of the molecule is CC1CN(CC(=O)Nc2ccccc2C(=O)NC2CCCC2)CCO1. The summed E-state index contributed by atoms with van der Waals surface area (Å²) in [6.45, 7) is 4.46. The quantitative estimate of drug-likeness (QED) is 0.856. The molecule has 3 rings (SSSR count). The van der Waals surface area contributed by atoms with Crippen molar-refractivity contribution in [2.45, 2.75) is 44.8 Å². The number of hydrogen-bond acceptors (Lipinski definition) is 4. The third-order valence-corrected chi connectivity index (χ3v) is 4.83. The van der Waals surface area contributed by atoms with Crippen molar-refractivity contribution in [1.82, 2.24) is 10.2 Å². The average Bonchev–Trinajstić information content (AvgIpc) is 3.08. The second-order valence-corrected chi connectivity index (χ2v) is 6.97. The largest absolute Gasteiger partial charge is 0.376 e. The third-order valence-electron chi connectivity index (χ3n) is 4.83. The van der Waals surface area contributed by atoms with E-state index in [9.17, 15) is 9.59 Å². The lowest BCUT2D eigenvalue weighted by Crippen LogP contribution is -2.44. The first-order valence-electron chi connectivity index (χ1n) is 9.15. The maximum Gasteiger partial charge on any atom is 0.253 e. The summed E-state index contributed by atoms with van der Waals surface area (Å²) >= 11 is 0. The summed E-state index contributed by atoms with van der Waals surface area (Å²) in [6.07, 6.45) is 4.55. The summed E-state index contributed by atoms with van der Waals surface area (Å²) in [5.41, 5.74) is 1.10. The third kappa shape index (κ3) is 5.03. The standard InChI is InChI=1S/C19H27N3O3/c1-14-12-22(10-11-25-14)13-18(23)21-17-9-5-4-8-16(17)19(24)20-15-6-2-3-7-15/h4-5,8-9,14-15H,2-3,6-7,10-13H2,1H3,(H,20,24)(H,21,23). The van der Waals surface area contributed by atoms with Crippen molar-refractivity contribution < 1.29 is 14.3 Å². The molecule has 6 heteroatoms. The summed E-state index contributed by atoms with van der Waals surface area (Å²) in [5, 5.41) is 5.98. The zero-order chi connectivity index (χ0) is 17.6. The van der Waals surface area contributed by atoms with Crippen molar-refractivity contribution in [2.75, 3.05) is 31.6 Å². The maximum atomic E-state index is 12.5. The van der Waals surface area contributed by atoms with Gasteiger partial charge in [-0.1, -0.05) is 25.0 Å². The van der Waals surface area contributed by atoms with Crippen molar-refractivity contribution in [3.05, 3.63) is 29.8 Å². The van der Waals surface area contributed by atoms with Gasteiger partial charge in [-0.05, 0) is 31.9 Å². The van der Waals surface area contributed by atoms with Crippen LogP contribution in [0.4, 0.5) is 5.69 Å². The number of benzene rings is 1. The van der Waals surface area contributed by atoms with E-state index in [-0.39, 0.29) is 24.0 Å². The Morgan fingerprint density at radius 2 is 2.00 bits per heavy atom. The van der Waals surface area contributed by atoms with Crippen molar-refractivity contribution in [3.8, 4) is 0 Å². The zero-order valence-electron chi connectivity index (χ0n) is 14.8. The van der Waals surface area contributed by atoms with Gasteiger partial charge in [0, 0.05) is 19.1 Å². The fourth-order valence-corrected chi connectivity index (χ4v) is 3.55. The van der Waals surface area contributed by atoms with E-state index in [2.05, 4.69) is 15.5 Å². The average molecular weight is 345 g/mol. The van der Waals surface area contributed by atoms with Crippen LogP contribution in [0.3, 0.4) is 0 Å². The van der Waals surface area contributed by atoms with Crippen LogP contribution in [0.2, 0.25) is 0 Å². The van der Waals surface area contributed by atoms with Crippen molar-refractivity contribution in [1.29, 1.82) is 0 Å². The molecule has 6 nitrogen and oxygen atoms in total. The number of rotatable bonds is 5. The number of ether oxygens (including phenoxy) is 1. The molecule has 0 radical (unpaired) electrons. The van der Waals surface area contributed by atoms with E-state index in [1.54, 1.807) is 12.1 Å². The van der Waals surface area contributed by atoms with E-state index in [1.165, 1.54) is 12.8 Å². The second kappa shape index (κ2) is 8.45. The number of hydrogen-bond donors (Lipinski definition) is 2. The Kier molecular flexibility index (Phi) is 6.04. The number of carbonyl (C=O) groups excluding carboxylic acids is 2. The Balaban J connectivity index is 1.59. The first kappa shape index (κ1) is 17.9. The van der Waals surface area contributed by atoms with Crippen LogP contribution >= 0.6 is 0 Å². The molecule has 136 valence electrons. The van der Waals surface area contributed by atoms with Crippen molar-refractivity contribution in [2.24, 2.45) is 0 Å². The number of nitrogens with zero attached hydrogens (tertiary/aromatic N) is 1. The lowest BCUT2D eigenvalue weighted by atomic mass is 10.1. The molecule has 2 amide bonds. The lowest BCUT2D eigenvalue weighted by molar-refractivity contribution is -0.119. The van der Waals surface area contributed by atoms with E-state index in [0.29, 0.717) is 24.4 Å². The Morgan fingerprint density at radius 3 is 2.76 bits per heavy atom. The number of carbonyl (C=O) groups is 2. The van der Waals surface area contributed by atoms with Crippen LogP contribution in [-0.2, 0) is 9.53 Å². The normalized spacial score (nSPS) is 21.9. The van der Waals surface area contributed by atoms with Gasteiger partial charge in [-0.3, -0.25) is 14.5 Å². The van der Waals surface area contributed by atoms with Gasteiger partial charge in [0.05, 0.1) is 30.5 Å². The van der Waals surface area contributed by atoms with E-state index >= 15 is 0 Å². The molecule has 1 saturated carbocycles. The number of amides is 2. The van der Waals surface area contributed by atoms with Gasteiger partial charge in [-0.2, -0.15) is 0 Å². The zero-order valence-corrected chi connectivity index (χ0v) is 14.8. The van der Waals surface area contributed by atoms with E-state index in [0.717, 1.165) is 25.9 Å². The van der Waals surface area contributed by atoms with Crippen LogP contribution < -0.4 is 10.6 Å². The second-order valence-electron chi connectivity index (χ2n) is 6.97. The molecule has 1 atom stereocenters. The van der Waals surface area contributed by atoms with Crippen LogP contribution in [0.15, 0.2) is 24.3 Å². The van der Waals surface area contributed by atoms with Crippen molar-refractivity contribution >= 4 is 17.5 Å². The molecule has 1 saturated heterocycles. The molecule has 1 aromatic carbocycles. The van der Waals surface area contributed by atoms with Gasteiger partial charge < -0.3 is 15.4 Å². The Hall–Kier alpha value is -1.92. The number of nitrogens with one attached hydrogen (secondary N) is 2. The van der Waals surface area contributed by atoms with E-state index < -0.39 is 0 Å². The minimum Gasteiger partial charge on any atom is -0.376 e. The van der Waals surface area contributed by atoms with Gasteiger partial charge in [-0.25, -0.2) is 0 Å². The molecule has 0 spiro atoms. The van der Waals surface area contributed by atoms with Crippen molar-refractivity contribution in [3.63, 3.8) is 0 Å². The predicted molar refractivity (Wildman–Crippen MR) is 96.6 cm³/mol. The molecule has 2 N–H and O–H groups in total. The van der Waals surface area contributed by atoms with Gasteiger partial charge in [0.25, 0.3) is 5.91 Å². The summed E-state index contributed by atoms with van der Waals surface area (Å²) < 4.78 is 5.50. The predicted octanol–water partition coefficient (Wildman–Crippen LogP) is 2.02. The molecule has 1 unspecified atom stereocenters. The highest BCUT2D eigenvalue weighted by Gasteiger charge is 2.22. The molecule has 0 aromatic heterocycles. The van der Waals surface area contributed by atoms with E-state index in [1.807, 2.05) is 19.1 Å². The van der Waals surface area contributed by atoms with Crippen LogP contribution in [0.1, 0.15) is 43.0 Å².